The Labute approximate surface area is 98.2 Å². The molecule has 2 heterocycles. The van der Waals surface area contributed by atoms with Crippen molar-refractivity contribution in [3.63, 3.8) is 0 Å². The lowest BCUT2D eigenvalue weighted by atomic mass is 10.3. The maximum absolute atomic E-state index is 11.5. The van der Waals surface area contributed by atoms with E-state index in [1.165, 1.54) is 6.21 Å². The van der Waals surface area contributed by atoms with Gasteiger partial charge in [-0.2, -0.15) is 5.10 Å². The first kappa shape index (κ1) is 11.1. The molecule has 0 saturated carbocycles. The van der Waals surface area contributed by atoms with Crippen LogP contribution in [0.3, 0.4) is 0 Å². The number of carbonyl (C=O) groups excluding carboxylic acids is 1. The van der Waals surface area contributed by atoms with Crippen LogP contribution in [-0.4, -0.2) is 17.1 Å². The van der Waals surface area contributed by atoms with Gasteiger partial charge in [-0.1, -0.05) is 0 Å². The lowest BCUT2D eigenvalue weighted by Crippen LogP contribution is -2.16. The van der Waals surface area contributed by atoms with Crippen molar-refractivity contribution in [3.8, 4) is 0 Å². The zero-order valence-electron chi connectivity index (χ0n) is 9.25. The topological polar surface area (TPSA) is 67.5 Å². The Morgan fingerprint density at radius 2 is 2.12 bits per heavy atom. The molecule has 0 spiro atoms. The van der Waals surface area contributed by atoms with E-state index in [2.05, 4.69) is 15.5 Å². The molecule has 86 valence electrons. The summed E-state index contributed by atoms with van der Waals surface area (Å²) in [5.41, 5.74) is 3.23. The van der Waals surface area contributed by atoms with Crippen molar-refractivity contribution in [3.05, 3.63) is 53.7 Å². The largest absolute Gasteiger partial charge is 0.456 e. The van der Waals surface area contributed by atoms with Gasteiger partial charge in [0.2, 0.25) is 0 Å². The quantitative estimate of drug-likeness (QED) is 0.644. The summed E-state index contributed by atoms with van der Waals surface area (Å²) < 4.78 is 5.15. The van der Waals surface area contributed by atoms with E-state index < -0.39 is 0 Å². The first-order chi connectivity index (χ1) is 8.25. The number of furan rings is 1. The number of amides is 1. The van der Waals surface area contributed by atoms with Crippen LogP contribution in [-0.2, 0) is 0 Å². The number of hydrazone groups is 1. The molecule has 0 aliphatic rings. The fourth-order valence-electron chi connectivity index (χ4n) is 1.23. The zero-order valence-corrected chi connectivity index (χ0v) is 9.25. The molecule has 5 nitrogen and oxygen atoms in total. The summed E-state index contributed by atoms with van der Waals surface area (Å²) in [6, 6.07) is 6.90. The first-order valence-corrected chi connectivity index (χ1v) is 5.05. The van der Waals surface area contributed by atoms with Crippen molar-refractivity contribution in [2.24, 2.45) is 5.10 Å². The van der Waals surface area contributed by atoms with Crippen LogP contribution >= 0.6 is 0 Å². The summed E-state index contributed by atoms with van der Waals surface area (Å²) in [6.07, 6.45) is 4.84. The minimum Gasteiger partial charge on any atom is -0.456 e. The maximum Gasteiger partial charge on any atom is 0.307 e. The van der Waals surface area contributed by atoms with Gasteiger partial charge in [0.05, 0.1) is 6.21 Å². The highest BCUT2D eigenvalue weighted by molar-refractivity contribution is 5.92. The van der Waals surface area contributed by atoms with Crippen LogP contribution < -0.4 is 5.43 Å². The van der Waals surface area contributed by atoms with E-state index in [4.69, 9.17) is 4.42 Å². The summed E-state index contributed by atoms with van der Waals surface area (Å²) in [7, 11) is 0. The average Bonchev–Trinajstić information content (AvgIpc) is 2.77. The van der Waals surface area contributed by atoms with Gasteiger partial charge in [0.25, 0.3) is 0 Å². The molecule has 0 aliphatic heterocycles. The van der Waals surface area contributed by atoms with Crippen molar-refractivity contribution in [1.82, 2.24) is 10.4 Å². The Morgan fingerprint density at radius 3 is 2.76 bits per heavy atom. The molecule has 2 aromatic heterocycles. The molecule has 1 amide bonds. The minimum atomic E-state index is -0.372. The first-order valence-electron chi connectivity index (χ1n) is 5.05. The second-order valence-electron chi connectivity index (χ2n) is 3.39. The molecule has 0 saturated heterocycles. The SMILES string of the molecule is Cc1ccc(C(=O)NN=Cc2ccncc2)o1. The molecule has 1 N–H and O–H groups in total. The van der Waals surface area contributed by atoms with Crippen LogP contribution in [0.1, 0.15) is 21.9 Å². The molecule has 0 unspecified atom stereocenters. The monoisotopic (exact) mass is 229 g/mol. The number of rotatable bonds is 3. The molecule has 0 atom stereocenters. The highest BCUT2D eigenvalue weighted by atomic mass is 16.3. The predicted octanol–water partition coefficient (Wildman–Crippen LogP) is 1.75. The Morgan fingerprint density at radius 1 is 1.35 bits per heavy atom. The van der Waals surface area contributed by atoms with Crippen molar-refractivity contribution in [1.29, 1.82) is 0 Å². The molecule has 0 aliphatic carbocycles. The van der Waals surface area contributed by atoms with Crippen LogP contribution in [0.15, 0.2) is 46.2 Å². The molecular weight excluding hydrogens is 218 g/mol. The number of nitrogens with one attached hydrogen (secondary N) is 1. The molecule has 0 bridgehead atoms. The number of hydrogen-bond acceptors (Lipinski definition) is 4. The number of carbonyl (C=O) groups is 1. The fraction of sp³-hybridized carbons (Fsp3) is 0.0833. The van der Waals surface area contributed by atoms with Gasteiger partial charge < -0.3 is 4.42 Å². The standard InChI is InChI=1S/C12H11N3O2/c1-9-2-3-11(17-9)12(16)15-14-8-10-4-6-13-7-5-10/h2-8H,1H3,(H,15,16). The smallest absolute Gasteiger partial charge is 0.307 e. The third-order valence-electron chi connectivity index (χ3n) is 2.05. The van der Waals surface area contributed by atoms with Gasteiger partial charge in [-0.25, -0.2) is 5.43 Å². The number of nitrogens with zero attached hydrogens (tertiary/aromatic N) is 2. The second kappa shape index (κ2) is 5.07. The average molecular weight is 229 g/mol. The molecule has 5 heteroatoms. The summed E-state index contributed by atoms with van der Waals surface area (Å²) in [4.78, 5) is 15.4. The Kier molecular flexibility index (Phi) is 3.30. The highest BCUT2D eigenvalue weighted by Crippen LogP contribution is 2.05. The maximum atomic E-state index is 11.5. The lowest BCUT2D eigenvalue weighted by molar-refractivity contribution is 0.0926. The van der Waals surface area contributed by atoms with E-state index >= 15 is 0 Å². The van der Waals surface area contributed by atoms with Gasteiger partial charge >= 0.3 is 5.91 Å². The molecular formula is C12H11N3O2. The van der Waals surface area contributed by atoms with Crippen molar-refractivity contribution >= 4 is 12.1 Å². The molecule has 0 fully saturated rings. The predicted molar refractivity (Wildman–Crippen MR) is 62.7 cm³/mol. The van der Waals surface area contributed by atoms with Gasteiger partial charge in [0.1, 0.15) is 5.76 Å². The molecule has 2 rings (SSSR count). The van der Waals surface area contributed by atoms with E-state index in [-0.39, 0.29) is 11.7 Å². The zero-order chi connectivity index (χ0) is 12.1. The van der Waals surface area contributed by atoms with Crippen molar-refractivity contribution in [2.45, 2.75) is 6.92 Å². The van der Waals surface area contributed by atoms with Gasteiger partial charge in [0.15, 0.2) is 5.76 Å². The summed E-state index contributed by atoms with van der Waals surface area (Å²) in [6.45, 7) is 1.77. The van der Waals surface area contributed by atoms with Crippen LogP contribution in [0.25, 0.3) is 0 Å². The van der Waals surface area contributed by atoms with Crippen molar-refractivity contribution < 1.29 is 9.21 Å². The Bertz CT molecular complexity index is 532. The van der Waals surface area contributed by atoms with Gasteiger partial charge in [-0.3, -0.25) is 9.78 Å². The number of hydrogen-bond donors (Lipinski definition) is 1. The second-order valence-corrected chi connectivity index (χ2v) is 3.39. The summed E-state index contributed by atoms with van der Waals surface area (Å²) >= 11 is 0. The van der Waals surface area contributed by atoms with Gasteiger partial charge in [-0.15, -0.1) is 0 Å². The van der Waals surface area contributed by atoms with E-state index in [0.717, 1.165) is 5.56 Å². The third kappa shape index (κ3) is 3.01. The van der Waals surface area contributed by atoms with Crippen LogP contribution in [0.2, 0.25) is 0 Å². The van der Waals surface area contributed by atoms with E-state index in [9.17, 15) is 4.79 Å². The molecule has 0 radical (unpaired) electrons. The lowest BCUT2D eigenvalue weighted by Gasteiger charge is -1.95. The minimum absolute atomic E-state index is 0.245. The van der Waals surface area contributed by atoms with Gasteiger partial charge in [0, 0.05) is 12.4 Å². The molecule has 0 aromatic carbocycles. The van der Waals surface area contributed by atoms with Crippen molar-refractivity contribution in [2.75, 3.05) is 0 Å². The highest BCUT2D eigenvalue weighted by Gasteiger charge is 2.07. The summed E-state index contributed by atoms with van der Waals surface area (Å²) in [5, 5.41) is 3.81. The third-order valence-corrected chi connectivity index (χ3v) is 2.05. The number of aromatic nitrogens is 1. The van der Waals surface area contributed by atoms with E-state index in [1.54, 1.807) is 43.6 Å². The van der Waals surface area contributed by atoms with E-state index in [0.29, 0.717) is 5.76 Å². The molecule has 2 aromatic rings. The fourth-order valence-corrected chi connectivity index (χ4v) is 1.23. The number of aryl methyl sites for hydroxylation is 1. The normalized spacial score (nSPS) is 10.6. The van der Waals surface area contributed by atoms with Crippen LogP contribution in [0, 0.1) is 6.92 Å². The molecule has 17 heavy (non-hydrogen) atoms. The number of pyridine rings is 1. The van der Waals surface area contributed by atoms with Gasteiger partial charge in [-0.05, 0) is 36.8 Å². The van der Waals surface area contributed by atoms with Crippen LogP contribution in [0.4, 0.5) is 0 Å². The van der Waals surface area contributed by atoms with E-state index in [1.807, 2.05) is 0 Å². The Balaban J connectivity index is 1.95. The van der Waals surface area contributed by atoms with Crippen LogP contribution in [0.5, 0.6) is 0 Å². The Hall–Kier alpha value is -2.43. The summed E-state index contributed by atoms with van der Waals surface area (Å²) in [5.74, 6) is 0.561.